The zero-order chi connectivity index (χ0) is 18.8. The second-order valence-corrected chi connectivity index (χ2v) is 6.70. The summed E-state index contributed by atoms with van der Waals surface area (Å²) in [6, 6.07) is 19.5. The molecule has 0 saturated heterocycles. The van der Waals surface area contributed by atoms with Crippen molar-refractivity contribution in [3.05, 3.63) is 77.9 Å². The molecule has 27 heavy (non-hydrogen) atoms. The van der Waals surface area contributed by atoms with Crippen LogP contribution in [-0.2, 0) is 9.53 Å². The minimum atomic E-state index is -1.06. The number of ether oxygens (including phenoxy) is 1. The fourth-order valence-corrected chi connectivity index (χ4v) is 2.97. The van der Waals surface area contributed by atoms with Crippen LogP contribution in [0.1, 0.15) is 34.9 Å². The van der Waals surface area contributed by atoms with Crippen molar-refractivity contribution < 1.29 is 19.4 Å². The lowest BCUT2D eigenvalue weighted by Crippen LogP contribution is -2.33. The number of phenols is 1. The minimum Gasteiger partial charge on any atom is -0.507 e. The van der Waals surface area contributed by atoms with Crippen molar-refractivity contribution >= 4 is 22.6 Å². The Morgan fingerprint density at radius 2 is 1.59 bits per heavy atom. The van der Waals surface area contributed by atoms with Crippen LogP contribution in [0.5, 0.6) is 5.75 Å². The average molecular weight is 361 g/mol. The highest BCUT2D eigenvalue weighted by molar-refractivity contribution is 5.99. The lowest BCUT2D eigenvalue weighted by atomic mass is 10.1. The van der Waals surface area contributed by atoms with E-state index in [0.717, 1.165) is 23.6 Å². The number of esters is 1. The molecule has 0 radical (unpaired) electrons. The van der Waals surface area contributed by atoms with E-state index in [-0.39, 0.29) is 23.3 Å². The standard InChI is InChI=1S/C22H19NO4/c24-19-13-16-9-5-4-8-15(16)12-18(19)22(26)27-20(14-6-2-1-3-7-14)21(25)23-17-10-11-17/h1-9,12-13,17,20,24H,10-11H2,(H,23,25). The van der Waals surface area contributed by atoms with E-state index in [9.17, 15) is 14.7 Å². The summed E-state index contributed by atoms with van der Waals surface area (Å²) in [5.41, 5.74) is 0.623. The average Bonchev–Trinajstić information content (AvgIpc) is 3.50. The highest BCUT2D eigenvalue weighted by Gasteiger charge is 2.31. The SMILES string of the molecule is O=C(OC(C(=O)NC1CC1)c1ccccc1)c1cc2ccccc2cc1O. The number of aromatic hydroxyl groups is 1. The van der Waals surface area contributed by atoms with Gasteiger partial charge in [-0.05, 0) is 35.7 Å². The Kier molecular flexibility index (Phi) is 4.50. The van der Waals surface area contributed by atoms with Crippen LogP contribution in [0.4, 0.5) is 0 Å². The van der Waals surface area contributed by atoms with Crippen LogP contribution in [0.3, 0.4) is 0 Å². The topological polar surface area (TPSA) is 75.6 Å². The number of nitrogens with one attached hydrogen (secondary N) is 1. The summed E-state index contributed by atoms with van der Waals surface area (Å²) in [6.07, 6.45) is 0.810. The quantitative estimate of drug-likeness (QED) is 0.679. The van der Waals surface area contributed by atoms with E-state index in [0.29, 0.717) is 5.56 Å². The zero-order valence-electron chi connectivity index (χ0n) is 14.6. The smallest absolute Gasteiger partial charge is 0.343 e. The van der Waals surface area contributed by atoms with Crippen molar-refractivity contribution in [1.29, 1.82) is 0 Å². The Morgan fingerprint density at radius 1 is 0.963 bits per heavy atom. The summed E-state index contributed by atoms with van der Waals surface area (Å²) < 4.78 is 5.53. The summed E-state index contributed by atoms with van der Waals surface area (Å²) in [5.74, 6) is -1.26. The van der Waals surface area contributed by atoms with Gasteiger partial charge in [-0.1, -0.05) is 54.6 Å². The molecule has 1 unspecified atom stereocenters. The van der Waals surface area contributed by atoms with E-state index in [1.807, 2.05) is 30.3 Å². The molecular formula is C22H19NO4. The molecule has 4 rings (SSSR count). The molecular weight excluding hydrogens is 342 g/mol. The van der Waals surface area contributed by atoms with Crippen molar-refractivity contribution in [1.82, 2.24) is 5.32 Å². The molecule has 2 N–H and O–H groups in total. The van der Waals surface area contributed by atoms with Gasteiger partial charge in [-0.15, -0.1) is 0 Å². The zero-order valence-corrected chi connectivity index (χ0v) is 14.6. The van der Waals surface area contributed by atoms with Crippen LogP contribution in [0.2, 0.25) is 0 Å². The first kappa shape index (κ1) is 17.1. The van der Waals surface area contributed by atoms with Gasteiger partial charge < -0.3 is 15.2 Å². The summed E-state index contributed by atoms with van der Waals surface area (Å²) in [7, 11) is 0. The van der Waals surface area contributed by atoms with Crippen LogP contribution in [0.15, 0.2) is 66.7 Å². The van der Waals surface area contributed by atoms with E-state index < -0.39 is 12.1 Å². The number of carbonyl (C=O) groups excluding carboxylic acids is 2. The van der Waals surface area contributed by atoms with E-state index in [1.165, 1.54) is 6.07 Å². The predicted molar refractivity (Wildman–Crippen MR) is 101 cm³/mol. The van der Waals surface area contributed by atoms with Gasteiger partial charge in [0.25, 0.3) is 5.91 Å². The predicted octanol–water partition coefficient (Wildman–Crippen LogP) is 3.72. The number of rotatable bonds is 5. The second-order valence-electron chi connectivity index (χ2n) is 6.70. The molecule has 0 spiro atoms. The molecule has 136 valence electrons. The molecule has 1 fully saturated rings. The number of fused-ring (bicyclic) bond motifs is 1. The van der Waals surface area contributed by atoms with Gasteiger partial charge in [0, 0.05) is 11.6 Å². The molecule has 1 amide bonds. The minimum absolute atomic E-state index is 0.0360. The van der Waals surface area contributed by atoms with Crippen LogP contribution in [-0.4, -0.2) is 23.0 Å². The normalized spacial score (nSPS) is 14.5. The number of phenolic OH excluding ortho intramolecular Hbond substituents is 1. The molecule has 1 atom stereocenters. The van der Waals surface area contributed by atoms with Gasteiger partial charge in [-0.3, -0.25) is 4.79 Å². The van der Waals surface area contributed by atoms with Gasteiger partial charge in [0.2, 0.25) is 6.10 Å². The Morgan fingerprint density at radius 3 is 2.26 bits per heavy atom. The molecule has 5 nitrogen and oxygen atoms in total. The number of carbonyl (C=O) groups is 2. The molecule has 0 aliphatic heterocycles. The molecule has 0 aromatic heterocycles. The van der Waals surface area contributed by atoms with Crippen molar-refractivity contribution in [3.63, 3.8) is 0 Å². The fraction of sp³-hybridized carbons (Fsp3) is 0.182. The summed E-state index contributed by atoms with van der Waals surface area (Å²) in [5, 5.41) is 14.8. The third-order valence-corrected chi connectivity index (χ3v) is 4.57. The number of hydrogen-bond donors (Lipinski definition) is 2. The Balaban J connectivity index is 1.63. The maximum atomic E-state index is 12.7. The van der Waals surface area contributed by atoms with Gasteiger partial charge in [0.1, 0.15) is 11.3 Å². The van der Waals surface area contributed by atoms with E-state index in [4.69, 9.17) is 4.74 Å². The van der Waals surface area contributed by atoms with Crippen LogP contribution in [0.25, 0.3) is 10.8 Å². The first-order chi connectivity index (χ1) is 13.1. The lowest BCUT2D eigenvalue weighted by Gasteiger charge is -2.18. The van der Waals surface area contributed by atoms with E-state index >= 15 is 0 Å². The summed E-state index contributed by atoms with van der Waals surface area (Å²) >= 11 is 0. The molecule has 1 saturated carbocycles. The highest BCUT2D eigenvalue weighted by atomic mass is 16.5. The van der Waals surface area contributed by atoms with Gasteiger partial charge in [0.05, 0.1) is 0 Å². The van der Waals surface area contributed by atoms with Crippen molar-refractivity contribution in [2.75, 3.05) is 0 Å². The lowest BCUT2D eigenvalue weighted by molar-refractivity contribution is -0.130. The van der Waals surface area contributed by atoms with Crippen molar-refractivity contribution in [3.8, 4) is 5.75 Å². The van der Waals surface area contributed by atoms with Crippen LogP contribution in [0, 0.1) is 0 Å². The molecule has 1 aliphatic carbocycles. The van der Waals surface area contributed by atoms with Gasteiger partial charge in [-0.2, -0.15) is 0 Å². The first-order valence-corrected chi connectivity index (χ1v) is 8.90. The molecule has 3 aromatic rings. The summed E-state index contributed by atoms with van der Waals surface area (Å²) in [4.78, 5) is 25.3. The van der Waals surface area contributed by atoms with Crippen molar-refractivity contribution in [2.45, 2.75) is 25.0 Å². The molecule has 5 heteroatoms. The number of benzene rings is 3. The van der Waals surface area contributed by atoms with Crippen molar-refractivity contribution in [2.24, 2.45) is 0 Å². The van der Waals surface area contributed by atoms with Crippen LogP contribution >= 0.6 is 0 Å². The fourth-order valence-electron chi connectivity index (χ4n) is 2.97. The largest absolute Gasteiger partial charge is 0.507 e. The van der Waals surface area contributed by atoms with E-state index in [1.54, 1.807) is 30.3 Å². The Hall–Kier alpha value is -3.34. The number of amides is 1. The van der Waals surface area contributed by atoms with Gasteiger partial charge >= 0.3 is 5.97 Å². The molecule has 0 heterocycles. The maximum Gasteiger partial charge on any atom is 0.343 e. The maximum absolute atomic E-state index is 12.7. The number of hydrogen-bond acceptors (Lipinski definition) is 4. The third-order valence-electron chi connectivity index (χ3n) is 4.57. The Bertz CT molecular complexity index is 996. The second kappa shape index (κ2) is 7.11. The first-order valence-electron chi connectivity index (χ1n) is 8.90. The third kappa shape index (κ3) is 3.77. The van der Waals surface area contributed by atoms with Gasteiger partial charge in [-0.25, -0.2) is 4.79 Å². The Labute approximate surface area is 156 Å². The molecule has 3 aromatic carbocycles. The van der Waals surface area contributed by atoms with Crippen LogP contribution < -0.4 is 5.32 Å². The monoisotopic (exact) mass is 361 g/mol. The molecule has 0 bridgehead atoms. The highest BCUT2D eigenvalue weighted by Crippen LogP contribution is 2.28. The summed E-state index contributed by atoms with van der Waals surface area (Å²) in [6.45, 7) is 0. The molecule has 1 aliphatic rings. The van der Waals surface area contributed by atoms with E-state index in [2.05, 4.69) is 5.32 Å². The van der Waals surface area contributed by atoms with Gasteiger partial charge in [0.15, 0.2) is 0 Å².